The van der Waals surface area contributed by atoms with Crippen molar-refractivity contribution >= 4 is 30.0 Å². The normalized spacial score (nSPS) is 12.5. The summed E-state index contributed by atoms with van der Waals surface area (Å²) in [5, 5.41) is 0.0444. The zero-order chi connectivity index (χ0) is 13.9. The number of carbonyl (C=O) groups excluding carboxylic acids is 1. The summed E-state index contributed by atoms with van der Waals surface area (Å²) in [5.74, 6) is -6.80. The number of ether oxygens (including phenoxy) is 1. The van der Waals surface area contributed by atoms with Gasteiger partial charge in [0.1, 0.15) is 11.9 Å². The van der Waals surface area contributed by atoms with Gasteiger partial charge >= 0.3 is 11.9 Å². The van der Waals surface area contributed by atoms with Gasteiger partial charge in [0, 0.05) is 10.6 Å². The molecular formula is C11H12Cl2F3NO2. The van der Waals surface area contributed by atoms with E-state index in [4.69, 9.17) is 17.3 Å². The van der Waals surface area contributed by atoms with E-state index in [2.05, 4.69) is 4.74 Å². The van der Waals surface area contributed by atoms with Crippen LogP contribution in [0, 0.1) is 5.82 Å². The molecule has 0 saturated carbocycles. The smallest absolute Gasteiger partial charge is 0.379 e. The number of halogens is 5. The molecular weight excluding hydrogens is 306 g/mol. The summed E-state index contributed by atoms with van der Waals surface area (Å²) in [7, 11) is 0. The Morgan fingerprint density at radius 2 is 2.11 bits per heavy atom. The Morgan fingerprint density at radius 1 is 1.53 bits per heavy atom. The average molecular weight is 318 g/mol. The van der Waals surface area contributed by atoms with Gasteiger partial charge in [0.05, 0.1) is 6.61 Å². The Labute approximate surface area is 119 Å². The number of alkyl halides is 2. The number of nitrogens with two attached hydrogens (primary N) is 1. The van der Waals surface area contributed by atoms with Crippen molar-refractivity contribution < 1.29 is 22.7 Å². The van der Waals surface area contributed by atoms with Crippen molar-refractivity contribution in [2.24, 2.45) is 5.73 Å². The fourth-order valence-corrected chi connectivity index (χ4v) is 1.46. The van der Waals surface area contributed by atoms with E-state index in [1.807, 2.05) is 0 Å². The summed E-state index contributed by atoms with van der Waals surface area (Å²) in [6, 6.07) is 0.933. The van der Waals surface area contributed by atoms with Crippen LogP contribution >= 0.6 is 24.0 Å². The molecule has 0 aliphatic heterocycles. The Morgan fingerprint density at radius 3 is 2.58 bits per heavy atom. The first-order chi connectivity index (χ1) is 8.30. The summed E-state index contributed by atoms with van der Waals surface area (Å²) >= 11 is 5.49. The van der Waals surface area contributed by atoms with Gasteiger partial charge in [-0.3, -0.25) is 0 Å². The number of carbonyl (C=O) groups is 1. The average Bonchev–Trinajstić information content (AvgIpc) is 2.28. The van der Waals surface area contributed by atoms with Crippen molar-refractivity contribution in [2.75, 3.05) is 6.61 Å². The molecule has 0 aliphatic carbocycles. The Bertz CT molecular complexity index is 458. The minimum absolute atomic E-state index is 0. The van der Waals surface area contributed by atoms with Crippen LogP contribution in [0.5, 0.6) is 0 Å². The molecule has 8 heteroatoms. The van der Waals surface area contributed by atoms with Crippen molar-refractivity contribution in [1.29, 1.82) is 0 Å². The lowest BCUT2D eigenvalue weighted by molar-refractivity contribution is -0.174. The maximum atomic E-state index is 13.6. The quantitative estimate of drug-likeness (QED) is 0.868. The van der Waals surface area contributed by atoms with Gasteiger partial charge in [-0.05, 0) is 19.1 Å². The highest BCUT2D eigenvalue weighted by Gasteiger charge is 2.48. The third-order valence-electron chi connectivity index (χ3n) is 2.24. The SMILES string of the molecule is CCOC(=O)C(F)(F)[C@H](N)c1ccc(Cl)cc1F.Cl. The third kappa shape index (κ3) is 3.99. The number of hydrogen-bond acceptors (Lipinski definition) is 3. The van der Waals surface area contributed by atoms with Gasteiger partial charge in [0.25, 0.3) is 0 Å². The molecule has 0 heterocycles. The molecule has 1 rings (SSSR count). The molecule has 108 valence electrons. The first kappa shape index (κ1) is 18.0. The Balaban J connectivity index is 0.00000324. The second-order valence-electron chi connectivity index (χ2n) is 3.49. The zero-order valence-corrected chi connectivity index (χ0v) is 11.4. The standard InChI is InChI=1S/C11H11ClF3NO2.ClH/c1-2-18-10(17)11(14,15)9(16)7-4-3-6(12)5-8(7)13;/h3-5,9H,2,16H2,1H3;1H/t9-;/m1./s1. The van der Waals surface area contributed by atoms with E-state index in [0.29, 0.717) is 0 Å². The Kier molecular flexibility index (Phi) is 6.62. The van der Waals surface area contributed by atoms with Crippen molar-refractivity contribution in [3.8, 4) is 0 Å². The zero-order valence-electron chi connectivity index (χ0n) is 9.83. The second kappa shape index (κ2) is 6.98. The lowest BCUT2D eigenvalue weighted by Crippen LogP contribution is -2.42. The lowest BCUT2D eigenvalue weighted by Gasteiger charge is -2.22. The molecule has 1 atom stereocenters. The molecule has 1 aromatic rings. The molecule has 0 saturated heterocycles. The molecule has 0 aromatic heterocycles. The van der Waals surface area contributed by atoms with Crippen LogP contribution in [-0.2, 0) is 9.53 Å². The van der Waals surface area contributed by atoms with E-state index >= 15 is 0 Å². The first-order valence-electron chi connectivity index (χ1n) is 5.06. The van der Waals surface area contributed by atoms with Crippen molar-refractivity contribution in [2.45, 2.75) is 18.9 Å². The summed E-state index contributed by atoms with van der Waals surface area (Å²) in [4.78, 5) is 11.1. The molecule has 2 N–H and O–H groups in total. The first-order valence-corrected chi connectivity index (χ1v) is 5.44. The highest BCUT2D eigenvalue weighted by Crippen LogP contribution is 2.32. The van der Waals surface area contributed by atoms with Gasteiger partial charge in [-0.1, -0.05) is 17.7 Å². The van der Waals surface area contributed by atoms with E-state index < -0.39 is 29.3 Å². The van der Waals surface area contributed by atoms with Gasteiger partial charge < -0.3 is 10.5 Å². The van der Waals surface area contributed by atoms with Crippen molar-refractivity contribution in [3.63, 3.8) is 0 Å². The molecule has 19 heavy (non-hydrogen) atoms. The maximum absolute atomic E-state index is 13.6. The van der Waals surface area contributed by atoms with E-state index in [1.54, 1.807) is 0 Å². The lowest BCUT2D eigenvalue weighted by atomic mass is 10.0. The van der Waals surface area contributed by atoms with Gasteiger partial charge in [0.2, 0.25) is 0 Å². The topological polar surface area (TPSA) is 52.3 Å². The van der Waals surface area contributed by atoms with Crippen LogP contribution in [0.1, 0.15) is 18.5 Å². The number of rotatable bonds is 4. The van der Waals surface area contributed by atoms with Crippen LogP contribution in [-0.4, -0.2) is 18.5 Å². The van der Waals surface area contributed by atoms with Crippen molar-refractivity contribution in [3.05, 3.63) is 34.6 Å². The Hall–Kier alpha value is -0.980. The highest BCUT2D eigenvalue weighted by molar-refractivity contribution is 6.30. The van der Waals surface area contributed by atoms with Crippen LogP contribution in [0.3, 0.4) is 0 Å². The van der Waals surface area contributed by atoms with E-state index in [0.717, 1.165) is 12.1 Å². The molecule has 0 radical (unpaired) electrons. The predicted molar refractivity (Wildman–Crippen MR) is 67.2 cm³/mol. The largest absolute Gasteiger partial charge is 0.462 e. The van der Waals surface area contributed by atoms with E-state index in [9.17, 15) is 18.0 Å². The van der Waals surface area contributed by atoms with E-state index in [1.165, 1.54) is 13.0 Å². The summed E-state index contributed by atoms with van der Waals surface area (Å²) < 4.78 is 44.8. The maximum Gasteiger partial charge on any atom is 0.379 e. The van der Waals surface area contributed by atoms with Gasteiger partial charge in [-0.15, -0.1) is 12.4 Å². The molecule has 0 amide bonds. The fourth-order valence-electron chi connectivity index (χ4n) is 1.30. The highest BCUT2D eigenvalue weighted by atomic mass is 35.5. The molecule has 3 nitrogen and oxygen atoms in total. The minimum Gasteiger partial charge on any atom is -0.462 e. The summed E-state index contributed by atoms with van der Waals surface area (Å²) in [6.07, 6.45) is 0. The predicted octanol–water partition coefficient (Wildman–Crippen LogP) is 3.10. The van der Waals surface area contributed by atoms with E-state index in [-0.39, 0.29) is 24.0 Å². The monoisotopic (exact) mass is 317 g/mol. The second-order valence-corrected chi connectivity index (χ2v) is 3.92. The van der Waals surface area contributed by atoms with Crippen LogP contribution < -0.4 is 5.73 Å². The van der Waals surface area contributed by atoms with Gasteiger partial charge in [0.15, 0.2) is 0 Å². The number of benzene rings is 1. The van der Waals surface area contributed by atoms with Crippen LogP contribution in [0.15, 0.2) is 18.2 Å². The summed E-state index contributed by atoms with van der Waals surface area (Å²) in [6.45, 7) is 1.16. The third-order valence-corrected chi connectivity index (χ3v) is 2.47. The van der Waals surface area contributed by atoms with Crippen molar-refractivity contribution in [1.82, 2.24) is 0 Å². The van der Waals surface area contributed by atoms with Gasteiger partial charge in [-0.2, -0.15) is 8.78 Å². The molecule has 0 unspecified atom stereocenters. The van der Waals surface area contributed by atoms with Crippen LogP contribution in [0.25, 0.3) is 0 Å². The molecule has 0 bridgehead atoms. The molecule has 0 spiro atoms. The van der Waals surface area contributed by atoms with Crippen LogP contribution in [0.2, 0.25) is 5.02 Å². The van der Waals surface area contributed by atoms with Gasteiger partial charge in [-0.25, -0.2) is 9.18 Å². The fraction of sp³-hybridized carbons (Fsp3) is 0.364. The molecule has 0 fully saturated rings. The number of hydrogen-bond donors (Lipinski definition) is 1. The van der Waals surface area contributed by atoms with Crippen LogP contribution in [0.4, 0.5) is 13.2 Å². The number of esters is 1. The molecule has 0 aliphatic rings. The minimum atomic E-state index is -4.01. The summed E-state index contributed by atoms with van der Waals surface area (Å²) in [5.41, 5.74) is 4.72. The molecule has 1 aromatic carbocycles.